The van der Waals surface area contributed by atoms with Crippen molar-refractivity contribution in [3.63, 3.8) is 0 Å². The Bertz CT molecular complexity index is 1840. The number of carbonyl (C=O) groups excluding carboxylic acids is 3. The molecular formula is C67H106O12. The second-order valence-electron chi connectivity index (χ2n) is 20.2. The third-order valence-corrected chi connectivity index (χ3v) is 13.0. The van der Waals surface area contributed by atoms with Crippen molar-refractivity contribution >= 4 is 23.9 Å². The average molecular weight is 1100 g/mol. The van der Waals surface area contributed by atoms with Gasteiger partial charge in [0.25, 0.3) is 0 Å². The van der Waals surface area contributed by atoms with Gasteiger partial charge in [0, 0.05) is 19.3 Å². The topological polar surface area (TPSA) is 175 Å². The number of carbonyl (C=O) groups is 4. The minimum absolute atomic E-state index is 0.0351. The molecule has 0 aromatic carbocycles. The maximum atomic E-state index is 13.2. The van der Waals surface area contributed by atoms with E-state index < -0.39 is 67.3 Å². The van der Waals surface area contributed by atoms with Crippen molar-refractivity contribution in [2.45, 2.75) is 263 Å². The zero-order valence-electron chi connectivity index (χ0n) is 49.1. The molecule has 12 nitrogen and oxygen atoms in total. The minimum Gasteiger partial charge on any atom is -0.479 e. The monoisotopic (exact) mass is 1100 g/mol. The summed E-state index contributed by atoms with van der Waals surface area (Å²) in [7, 11) is 0. The predicted molar refractivity (Wildman–Crippen MR) is 321 cm³/mol. The van der Waals surface area contributed by atoms with Crippen molar-refractivity contribution in [1.82, 2.24) is 0 Å². The van der Waals surface area contributed by atoms with Gasteiger partial charge in [-0.3, -0.25) is 14.4 Å². The summed E-state index contributed by atoms with van der Waals surface area (Å²) in [5.74, 6) is -3.27. The van der Waals surface area contributed by atoms with Crippen LogP contribution < -0.4 is 0 Å². The van der Waals surface area contributed by atoms with Crippen LogP contribution in [0.15, 0.2) is 122 Å². The Morgan fingerprint density at radius 2 is 0.835 bits per heavy atom. The van der Waals surface area contributed by atoms with Crippen LogP contribution in [-0.2, 0) is 42.9 Å². The van der Waals surface area contributed by atoms with Gasteiger partial charge in [0.05, 0.1) is 6.61 Å². The Balaban J connectivity index is 2.74. The maximum Gasteiger partial charge on any atom is 0.335 e. The lowest BCUT2D eigenvalue weighted by atomic mass is 9.98. The quantitative estimate of drug-likeness (QED) is 0.0228. The van der Waals surface area contributed by atoms with Gasteiger partial charge in [-0.1, -0.05) is 213 Å². The lowest BCUT2D eigenvalue weighted by Crippen LogP contribution is -2.61. The summed E-state index contributed by atoms with van der Waals surface area (Å²) in [6.07, 6.45) is 61.8. The van der Waals surface area contributed by atoms with E-state index in [2.05, 4.69) is 130 Å². The van der Waals surface area contributed by atoms with Crippen LogP contribution in [-0.4, -0.2) is 89.2 Å². The molecule has 6 atom stereocenters. The Hall–Kier alpha value is -4.88. The van der Waals surface area contributed by atoms with E-state index in [0.29, 0.717) is 19.3 Å². The first-order chi connectivity index (χ1) is 38.6. The number of hydrogen-bond donors (Lipinski definition) is 3. The Morgan fingerprint density at radius 1 is 0.430 bits per heavy atom. The molecule has 0 saturated carbocycles. The number of aliphatic hydroxyl groups is 2. The number of aliphatic carboxylic acids is 1. The molecule has 3 N–H and O–H groups in total. The minimum atomic E-state index is -1.92. The molecule has 0 aliphatic carbocycles. The van der Waals surface area contributed by atoms with E-state index in [1.165, 1.54) is 38.5 Å². The molecule has 1 fully saturated rings. The Kier molecular flexibility index (Phi) is 49.1. The third-order valence-electron chi connectivity index (χ3n) is 13.0. The smallest absolute Gasteiger partial charge is 0.335 e. The van der Waals surface area contributed by atoms with E-state index in [0.717, 1.165) is 128 Å². The molecule has 0 amide bonds. The first kappa shape index (κ1) is 72.1. The zero-order valence-corrected chi connectivity index (χ0v) is 49.1. The molecule has 1 saturated heterocycles. The maximum absolute atomic E-state index is 13.2. The highest BCUT2D eigenvalue weighted by Crippen LogP contribution is 2.26. The van der Waals surface area contributed by atoms with Gasteiger partial charge < -0.3 is 39.0 Å². The number of rotatable bonds is 50. The van der Waals surface area contributed by atoms with Crippen molar-refractivity contribution in [2.24, 2.45) is 0 Å². The van der Waals surface area contributed by atoms with Crippen LogP contribution in [0.3, 0.4) is 0 Å². The Labute approximate surface area is 478 Å². The summed E-state index contributed by atoms with van der Waals surface area (Å²) in [5.41, 5.74) is 0. The summed E-state index contributed by atoms with van der Waals surface area (Å²) in [6, 6.07) is 0. The lowest BCUT2D eigenvalue weighted by molar-refractivity contribution is -0.301. The molecule has 0 radical (unpaired) electrons. The molecule has 0 spiro atoms. The van der Waals surface area contributed by atoms with Crippen LogP contribution in [0.4, 0.5) is 0 Å². The molecule has 79 heavy (non-hydrogen) atoms. The number of allylic oxidation sites excluding steroid dienone is 20. The number of carboxylic acids is 1. The first-order valence-electron chi connectivity index (χ1n) is 30.5. The van der Waals surface area contributed by atoms with Gasteiger partial charge in [0.1, 0.15) is 18.8 Å². The molecule has 0 aromatic heterocycles. The second-order valence-corrected chi connectivity index (χ2v) is 20.2. The van der Waals surface area contributed by atoms with Crippen molar-refractivity contribution in [1.29, 1.82) is 0 Å². The van der Waals surface area contributed by atoms with Crippen LogP contribution in [0, 0.1) is 0 Å². The van der Waals surface area contributed by atoms with Gasteiger partial charge in [0.2, 0.25) is 0 Å². The van der Waals surface area contributed by atoms with Crippen molar-refractivity contribution < 1.29 is 58.2 Å². The molecule has 6 unspecified atom stereocenters. The molecular weight excluding hydrogens is 997 g/mol. The third kappa shape index (κ3) is 43.6. The number of esters is 3. The highest BCUT2D eigenvalue weighted by molar-refractivity contribution is 5.74. The van der Waals surface area contributed by atoms with E-state index >= 15 is 0 Å². The molecule has 1 heterocycles. The molecule has 0 bridgehead atoms. The number of carboxylic acid groups (broad SMARTS) is 1. The van der Waals surface area contributed by atoms with Crippen LogP contribution >= 0.6 is 0 Å². The average Bonchev–Trinajstić information content (AvgIpc) is 3.47. The fourth-order valence-corrected chi connectivity index (χ4v) is 8.32. The molecule has 1 aliphatic rings. The SMILES string of the molecule is CC/C=C\C/C=C\C/C=C\C/C=C\C/C=C\C/C=C\CCC(=O)OCC(COC1OC(C(=O)O)C(O)C(O)C1OC(=O)CCCCCCC/C=C\CCCC)OC(=O)CCCCCCCC/C=C\C/C=C\C/C=C\CCCCC. The first-order valence-corrected chi connectivity index (χ1v) is 30.5. The fraction of sp³-hybridized carbons (Fsp3) is 0.642. The van der Waals surface area contributed by atoms with E-state index in [1.807, 2.05) is 12.2 Å². The van der Waals surface area contributed by atoms with Gasteiger partial charge in [-0.15, -0.1) is 0 Å². The van der Waals surface area contributed by atoms with Crippen molar-refractivity contribution in [3.05, 3.63) is 122 Å². The van der Waals surface area contributed by atoms with Gasteiger partial charge in [-0.25, -0.2) is 4.79 Å². The zero-order chi connectivity index (χ0) is 57.5. The molecule has 1 aliphatic heterocycles. The van der Waals surface area contributed by atoms with E-state index in [9.17, 15) is 34.5 Å². The summed E-state index contributed by atoms with van der Waals surface area (Å²) in [4.78, 5) is 51.1. The second kappa shape index (κ2) is 53.7. The van der Waals surface area contributed by atoms with Crippen molar-refractivity contribution in [2.75, 3.05) is 13.2 Å². The van der Waals surface area contributed by atoms with Crippen LogP contribution in [0.5, 0.6) is 0 Å². The van der Waals surface area contributed by atoms with E-state index in [-0.39, 0.29) is 25.9 Å². The number of hydrogen-bond acceptors (Lipinski definition) is 11. The fourth-order valence-electron chi connectivity index (χ4n) is 8.32. The van der Waals surface area contributed by atoms with Crippen LogP contribution in [0.2, 0.25) is 0 Å². The summed E-state index contributed by atoms with van der Waals surface area (Å²) < 4.78 is 28.3. The van der Waals surface area contributed by atoms with Crippen LogP contribution in [0.1, 0.15) is 226 Å². The lowest BCUT2D eigenvalue weighted by Gasteiger charge is -2.40. The highest BCUT2D eigenvalue weighted by Gasteiger charge is 2.50. The number of ether oxygens (including phenoxy) is 5. The predicted octanol–water partition coefficient (Wildman–Crippen LogP) is 16.0. The van der Waals surface area contributed by atoms with Gasteiger partial charge in [-0.05, 0) is 116 Å². The molecule has 446 valence electrons. The van der Waals surface area contributed by atoms with Crippen molar-refractivity contribution in [3.8, 4) is 0 Å². The Morgan fingerprint density at radius 3 is 1.32 bits per heavy atom. The molecule has 0 aromatic rings. The highest BCUT2D eigenvalue weighted by atomic mass is 16.7. The molecule has 1 rings (SSSR count). The number of aliphatic hydroxyl groups excluding tert-OH is 2. The van der Waals surface area contributed by atoms with Crippen LogP contribution in [0.25, 0.3) is 0 Å². The standard InChI is InChI=1S/C67H106O12/c1-4-7-10-13-16-19-22-24-26-28-30-32-34-36-39-41-44-47-50-53-59(68)75-56-58(77-60(69)54-51-48-45-43-40-37-35-33-31-29-27-25-23-20-17-14-11-8-5-2)57-76-67-65(63(72)62(71)64(79-67)66(73)74)78-61(70)55-52-49-46-42-38-21-18-15-12-9-6-3/h7,10,15-20,24-27,30-33,36,39,44,47,58,62-65,67,71-72H,4-6,8-9,11-14,21-23,28-29,34-35,37-38,40-43,45-46,48-57H2,1-3H3,(H,73,74)/b10-7-,18-15-,19-16-,20-17-,26-24-,27-25-,32-30-,33-31-,39-36-,47-44-. The van der Waals surface area contributed by atoms with Gasteiger partial charge in [0.15, 0.2) is 24.6 Å². The summed E-state index contributed by atoms with van der Waals surface area (Å²) >= 11 is 0. The molecule has 12 heteroatoms. The van der Waals surface area contributed by atoms with Gasteiger partial charge >= 0.3 is 23.9 Å². The van der Waals surface area contributed by atoms with Gasteiger partial charge in [-0.2, -0.15) is 0 Å². The van der Waals surface area contributed by atoms with E-state index in [4.69, 9.17) is 23.7 Å². The largest absolute Gasteiger partial charge is 0.479 e. The normalized spacial score (nSPS) is 18.7. The van der Waals surface area contributed by atoms with E-state index in [1.54, 1.807) is 0 Å². The number of unbranched alkanes of at least 4 members (excludes halogenated alkanes) is 16. The summed E-state index contributed by atoms with van der Waals surface area (Å²) in [5, 5.41) is 31.5. The summed E-state index contributed by atoms with van der Waals surface area (Å²) in [6.45, 7) is 5.72.